The highest BCUT2D eigenvalue weighted by molar-refractivity contribution is 7.95. The van der Waals surface area contributed by atoms with E-state index in [4.69, 9.17) is 9.47 Å². The van der Waals surface area contributed by atoms with Gasteiger partial charge in [0.15, 0.2) is 5.76 Å². The Bertz CT molecular complexity index is 964. The number of hydrogen-bond donors (Lipinski definition) is 0. The molecule has 0 saturated heterocycles. The summed E-state index contributed by atoms with van der Waals surface area (Å²) in [6, 6.07) is 30.6. The van der Waals surface area contributed by atoms with Crippen LogP contribution in [-0.2, 0) is 19.1 Å². The second-order valence-electron chi connectivity index (χ2n) is 7.66. The van der Waals surface area contributed by atoms with Crippen molar-refractivity contribution in [3.05, 3.63) is 103 Å². The summed E-state index contributed by atoms with van der Waals surface area (Å²) in [7, 11) is -2.31. The molecule has 4 nitrogen and oxygen atoms in total. The van der Waals surface area contributed by atoms with Crippen LogP contribution in [-0.4, -0.2) is 24.2 Å². The van der Waals surface area contributed by atoms with Crippen LogP contribution in [0.4, 0.5) is 0 Å². The molecular formula is C27H28O4P+. The normalized spacial score (nSPS) is 11.8. The lowest BCUT2D eigenvalue weighted by molar-refractivity contribution is -0.141. The molecule has 0 aliphatic rings. The predicted molar refractivity (Wildman–Crippen MR) is 131 cm³/mol. The Morgan fingerprint density at radius 3 is 1.53 bits per heavy atom. The molecule has 164 valence electrons. The molecule has 0 spiro atoms. The van der Waals surface area contributed by atoms with Crippen molar-refractivity contribution in [3.8, 4) is 0 Å². The van der Waals surface area contributed by atoms with Crippen molar-refractivity contribution in [2.24, 2.45) is 0 Å². The van der Waals surface area contributed by atoms with E-state index in [1.165, 1.54) is 13.0 Å². The van der Waals surface area contributed by atoms with Gasteiger partial charge >= 0.3 is 11.9 Å². The van der Waals surface area contributed by atoms with E-state index in [1.54, 1.807) is 13.8 Å². The SMILES string of the molecule is CC(=O)O/C(=C\C(=O)OC(C)C)C[P+](c1ccccc1)(c1ccccc1)c1ccccc1. The molecule has 0 atom stereocenters. The summed E-state index contributed by atoms with van der Waals surface area (Å²) < 4.78 is 10.9. The minimum atomic E-state index is -2.31. The fourth-order valence-corrected chi connectivity index (χ4v) is 7.80. The maximum atomic E-state index is 12.5. The zero-order chi connectivity index (χ0) is 23.0. The lowest BCUT2D eigenvalue weighted by atomic mass is 10.3. The molecule has 3 aromatic rings. The monoisotopic (exact) mass is 447 g/mol. The molecular weight excluding hydrogens is 419 g/mol. The molecule has 0 radical (unpaired) electrons. The maximum absolute atomic E-state index is 12.5. The molecule has 0 unspecified atom stereocenters. The fourth-order valence-electron chi connectivity index (χ4n) is 3.69. The van der Waals surface area contributed by atoms with Gasteiger partial charge in [0.1, 0.15) is 29.3 Å². The molecule has 0 N–H and O–H groups in total. The third-order valence-corrected chi connectivity index (χ3v) is 9.21. The maximum Gasteiger partial charge on any atom is 0.334 e. The predicted octanol–water partition coefficient (Wildman–Crippen LogP) is 4.38. The van der Waals surface area contributed by atoms with Crippen LogP contribution in [0.5, 0.6) is 0 Å². The zero-order valence-corrected chi connectivity index (χ0v) is 19.5. The van der Waals surface area contributed by atoms with Crippen molar-refractivity contribution < 1.29 is 19.1 Å². The van der Waals surface area contributed by atoms with Gasteiger partial charge in [0.05, 0.1) is 12.2 Å². The highest BCUT2D eigenvalue weighted by Gasteiger charge is 2.46. The van der Waals surface area contributed by atoms with Gasteiger partial charge in [0.25, 0.3) is 0 Å². The number of carbonyl (C=O) groups excluding carboxylic acids is 2. The average molecular weight is 447 g/mol. The second-order valence-corrected chi connectivity index (χ2v) is 11.1. The van der Waals surface area contributed by atoms with Crippen molar-refractivity contribution >= 4 is 35.1 Å². The van der Waals surface area contributed by atoms with E-state index in [0.717, 1.165) is 15.9 Å². The Balaban J connectivity index is 2.24. The minimum absolute atomic E-state index is 0.269. The number of hydrogen-bond acceptors (Lipinski definition) is 4. The fraction of sp³-hybridized carbons (Fsp3) is 0.185. The van der Waals surface area contributed by atoms with Crippen molar-refractivity contribution in [1.29, 1.82) is 0 Å². The largest absolute Gasteiger partial charge is 0.460 e. The third kappa shape index (κ3) is 5.72. The summed E-state index contributed by atoms with van der Waals surface area (Å²) >= 11 is 0. The van der Waals surface area contributed by atoms with E-state index in [1.807, 2.05) is 54.6 Å². The Kier molecular flexibility index (Phi) is 7.97. The Morgan fingerprint density at radius 2 is 1.19 bits per heavy atom. The molecule has 0 aromatic heterocycles. The Hall–Kier alpha value is -3.23. The summed E-state index contributed by atoms with van der Waals surface area (Å²) in [4.78, 5) is 24.4. The number of rotatable bonds is 8. The summed E-state index contributed by atoms with van der Waals surface area (Å²) in [6.07, 6.45) is 1.41. The minimum Gasteiger partial charge on any atom is -0.460 e. The van der Waals surface area contributed by atoms with E-state index in [0.29, 0.717) is 11.9 Å². The smallest absolute Gasteiger partial charge is 0.334 e. The topological polar surface area (TPSA) is 52.6 Å². The Morgan fingerprint density at radius 1 is 0.781 bits per heavy atom. The van der Waals surface area contributed by atoms with E-state index < -0.39 is 19.2 Å². The standard InChI is InChI=1S/C27H28O4P/c1-21(2)30-27(29)19-23(31-22(3)28)20-32(24-13-7-4-8-14-24,25-15-9-5-10-16-25)26-17-11-6-12-18-26/h4-19,21H,20H2,1-3H3/q+1/b23-19-. The van der Waals surface area contributed by atoms with Crippen molar-refractivity contribution in [1.82, 2.24) is 0 Å². The molecule has 0 heterocycles. The molecule has 32 heavy (non-hydrogen) atoms. The van der Waals surface area contributed by atoms with Crippen LogP contribution in [0.3, 0.4) is 0 Å². The summed E-state index contributed by atoms with van der Waals surface area (Å²) in [5.41, 5.74) is 0. The van der Waals surface area contributed by atoms with E-state index >= 15 is 0 Å². The lowest BCUT2D eigenvalue weighted by Crippen LogP contribution is -2.34. The van der Waals surface area contributed by atoms with Crippen LogP contribution in [0.1, 0.15) is 20.8 Å². The molecule has 0 fully saturated rings. The quantitative estimate of drug-likeness (QED) is 0.223. The third-order valence-electron chi connectivity index (χ3n) is 4.89. The molecule has 0 amide bonds. The van der Waals surface area contributed by atoms with Crippen LogP contribution in [0.25, 0.3) is 0 Å². The van der Waals surface area contributed by atoms with Gasteiger partial charge in [-0.15, -0.1) is 0 Å². The molecule has 5 heteroatoms. The van der Waals surface area contributed by atoms with Crippen molar-refractivity contribution in [2.75, 3.05) is 6.16 Å². The Labute approximate surface area is 190 Å². The first-order chi connectivity index (χ1) is 15.4. The summed E-state index contributed by atoms with van der Waals surface area (Å²) in [5.74, 6) is -0.697. The molecule has 0 aliphatic carbocycles. The van der Waals surface area contributed by atoms with Crippen LogP contribution in [0, 0.1) is 0 Å². The number of carbonyl (C=O) groups is 2. The number of benzene rings is 3. The van der Waals surface area contributed by atoms with Gasteiger partial charge in [-0.25, -0.2) is 4.79 Å². The van der Waals surface area contributed by atoms with E-state index in [2.05, 4.69) is 36.4 Å². The first-order valence-corrected chi connectivity index (χ1v) is 12.5. The second kappa shape index (κ2) is 10.9. The van der Waals surface area contributed by atoms with E-state index in [9.17, 15) is 9.59 Å². The van der Waals surface area contributed by atoms with Gasteiger partial charge in [-0.1, -0.05) is 54.6 Å². The highest BCUT2D eigenvalue weighted by atomic mass is 31.2. The van der Waals surface area contributed by atoms with Crippen LogP contribution in [0.2, 0.25) is 0 Å². The summed E-state index contributed by atoms with van der Waals surface area (Å²) in [6.45, 7) is 4.91. The lowest BCUT2D eigenvalue weighted by Gasteiger charge is -2.28. The number of esters is 2. The molecule has 0 bridgehead atoms. The van der Waals surface area contributed by atoms with Gasteiger partial charge in [-0.2, -0.15) is 0 Å². The first kappa shape index (κ1) is 23.4. The molecule has 0 saturated carbocycles. The van der Waals surface area contributed by atoms with E-state index in [-0.39, 0.29) is 6.10 Å². The molecule has 0 aliphatic heterocycles. The van der Waals surface area contributed by atoms with Gasteiger partial charge in [0.2, 0.25) is 0 Å². The van der Waals surface area contributed by atoms with Crippen LogP contribution in [0.15, 0.2) is 103 Å². The van der Waals surface area contributed by atoms with Crippen molar-refractivity contribution in [3.63, 3.8) is 0 Å². The van der Waals surface area contributed by atoms with Crippen molar-refractivity contribution in [2.45, 2.75) is 26.9 Å². The average Bonchev–Trinajstić information content (AvgIpc) is 2.78. The van der Waals surface area contributed by atoms with Gasteiger partial charge in [0, 0.05) is 6.92 Å². The molecule has 3 rings (SSSR count). The highest BCUT2D eigenvalue weighted by Crippen LogP contribution is 2.56. The van der Waals surface area contributed by atoms with Gasteiger partial charge < -0.3 is 9.47 Å². The number of ether oxygens (including phenoxy) is 2. The zero-order valence-electron chi connectivity index (χ0n) is 18.6. The molecule has 3 aromatic carbocycles. The first-order valence-electron chi connectivity index (χ1n) is 10.6. The van der Waals surface area contributed by atoms with Gasteiger partial charge in [-0.05, 0) is 50.2 Å². The van der Waals surface area contributed by atoms with Crippen LogP contribution >= 0.6 is 7.26 Å². The van der Waals surface area contributed by atoms with Crippen LogP contribution < -0.4 is 15.9 Å². The number of allylic oxidation sites excluding steroid dienone is 1. The summed E-state index contributed by atoms with van der Waals surface area (Å²) in [5, 5.41) is 3.40. The van der Waals surface area contributed by atoms with Gasteiger partial charge in [-0.3, -0.25) is 4.79 Å².